The van der Waals surface area contributed by atoms with Crippen LogP contribution in [-0.4, -0.2) is 69.6 Å². The summed E-state index contributed by atoms with van der Waals surface area (Å²) >= 11 is 0. The average Bonchev–Trinajstić information content (AvgIpc) is 2.70. The second-order valence-corrected chi connectivity index (χ2v) is 8.57. The minimum Gasteiger partial charge on any atom is -0.444 e. The first-order chi connectivity index (χ1) is 10.9. The second kappa shape index (κ2) is 6.43. The molecular weight excluding hydrogens is 312 g/mol. The molecule has 7 heteroatoms. The molecule has 2 heterocycles. The van der Waals surface area contributed by atoms with Gasteiger partial charge in [0.2, 0.25) is 0 Å². The van der Waals surface area contributed by atoms with Crippen molar-refractivity contribution in [1.29, 1.82) is 0 Å². The van der Waals surface area contributed by atoms with E-state index < -0.39 is 23.3 Å². The molecule has 0 aromatic heterocycles. The molecule has 2 fully saturated rings. The normalized spacial score (nSPS) is 27.2. The number of carbonyl (C=O) groups excluding carboxylic acids is 2. The van der Waals surface area contributed by atoms with Crippen molar-refractivity contribution in [3.05, 3.63) is 0 Å². The topological polar surface area (TPSA) is 79.3 Å². The van der Waals surface area contributed by atoms with Crippen LogP contribution < -0.4 is 0 Å². The lowest BCUT2D eigenvalue weighted by Gasteiger charge is -2.46. The molecule has 7 nitrogen and oxygen atoms in total. The molecule has 2 saturated heterocycles. The van der Waals surface area contributed by atoms with Crippen molar-refractivity contribution >= 4 is 12.2 Å². The Balaban J connectivity index is 2.16. The Labute approximate surface area is 143 Å². The van der Waals surface area contributed by atoms with Gasteiger partial charge in [-0.25, -0.2) is 9.59 Å². The zero-order chi connectivity index (χ0) is 18.3. The highest BCUT2D eigenvalue weighted by Gasteiger charge is 2.51. The predicted octanol–water partition coefficient (Wildman–Crippen LogP) is 2.37. The lowest BCUT2D eigenvalue weighted by Crippen LogP contribution is -2.64. The molecule has 0 spiro atoms. The summed E-state index contributed by atoms with van der Waals surface area (Å²) < 4.78 is 10.9. The molecule has 3 atom stereocenters. The summed E-state index contributed by atoms with van der Waals surface area (Å²) in [7, 11) is 0. The van der Waals surface area contributed by atoms with E-state index in [1.807, 2.05) is 41.5 Å². The third-order valence-corrected chi connectivity index (χ3v) is 4.22. The summed E-state index contributed by atoms with van der Waals surface area (Å²) in [6, 6.07) is -0.803. The van der Waals surface area contributed by atoms with E-state index in [-0.39, 0.29) is 24.8 Å². The van der Waals surface area contributed by atoms with Gasteiger partial charge in [0, 0.05) is 6.54 Å². The smallest absolute Gasteiger partial charge is 0.410 e. The average molecular weight is 342 g/mol. The van der Waals surface area contributed by atoms with Gasteiger partial charge in [-0.05, 0) is 54.4 Å². The first-order valence-corrected chi connectivity index (χ1v) is 8.55. The Bertz CT molecular complexity index is 494. The van der Waals surface area contributed by atoms with Crippen LogP contribution in [0.5, 0.6) is 0 Å². The molecular formula is C17H30N2O5. The number of piperazine rings is 1. The highest BCUT2D eigenvalue weighted by atomic mass is 16.6. The van der Waals surface area contributed by atoms with E-state index in [0.29, 0.717) is 6.54 Å². The Kier molecular flexibility index (Phi) is 5.04. The van der Waals surface area contributed by atoms with Crippen LogP contribution in [0.1, 0.15) is 54.4 Å². The van der Waals surface area contributed by atoms with E-state index in [2.05, 4.69) is 0 Å². The number of ether oxygens (including phenoxy) is 2. The first-order valence-electron chi connectivity index (χ1n) is 8.55. The van der Waals surface area contributed by atoms with Crippen molar-refractivity contribution in [2.45, 2.75) is 83.7 Å². The molecule has 24 heavy (non-hydrogen) atoms. The van der Waals surface area contributed by atoms with Gasteiger partial charge in [0.1, 0.15) is 11.2 Å². The van der Waals surface area contributed by atoms with Gasteiger partial charge in [-0.2, -0.15) is 0 Å². The molecule has 0 aromatic carbocycles. The maximum Gasteiger partial charge on any atom is 0.410 e. The first kappa shape index (κ1) is 18.8. The third kappa shape index (κ3) is 4.12. The highest BCUT2D eigenvalue weighted by Crippen LogP contribution is 2.36. The van der Waals surface area contributed by atoms with E-state index in [1.165, 1.54) is 0 Å². The number of amides is 2. The summed E-state index contributed by atoms with van der Waals surface area (Å²) in [4.78, 5) is 28.3. The monoisotopic (exact) mass is 342 g/mol. The fourth-order valence-corrected chi connectivity index (χ4v) is 3.39. The molecule has 2 aliphatic heterocycles. The van der Waals surface area contributed by atoms with Crippen LogP contribution in [-0.2, 0) is 9.47 Å². The molecule has 0 saturated carbocycles. The maximum absolute atomic E-state index is 12.5. The van der Waals surface area contributed by atoms with Gasteiger partial charge in [0.15, 0.2) is 0 Å². The molecule has 2 bridgehead atoms. The van der Waals surface area contributed by atoms with E-state index in [4.69, 9.17) is 9.47 Å². The van der Waals surface area contributed by atoms with Crippen molar-refractivity contribution in [2.75, 3.05) is 13.2 Å². The number of hydrogen-bond donors (Lipinski definition) is 1. The van der Waals surface area contributed by atoms with Crippen LogP contribution in [0, 0.1) is 0 Å². The summed E-state index contributed by atoms with van der Waals surface area (Å²) in [6.07, 6.45) is 0.716. The number of aliphatic hydroxyl groups is 1. The van der Waals surface area contributed by atoms with Gasteiger partial charge in [0.25, 0.3) is 0 Å². The number of likely N-dealkylation sites (tertiary alicyclic amines) is 1. The van der Waals surface area contributed by atoms with Gasteiger partial charge in [-0.15, -0.1) is 0 Å². The van der Waals surface area contributed by atoms with Crippen LogP contribution in [0.3, 0.4) is 0 Å². The Morgan fingerprint density at radius 1 is 1.00 bits per heavy atom. The molecule has 2 rings (SSSR count). The molecule has 138 valence electrons. The quantitative estimate of drug-likeness (QED) is 0.791. The zero-order valence-corrected chi connectivity index (χ0v) is 15.5. The summed E-state index contributed by atoms with van der Waals surface area (Å²) in [5.41, 5.74) is -1.17. The summed E-state index contributed by atoms with van der Waals surface area (Å²) in [5.74, 6) is 0. The van der Waals surface area contributed by atoms with Crippen molar-refractivity contribution in [2.24, 2.45) is 0 Å². The van der Waals surface area contributed by atoms with Crippen molar-refractivity contribution in [3.8, 4) is 0 Å². The predicted molar refractivity (Wildman–Crippen MR) is 88.7 cm³/mol. The summed E-state index contributed by atoms with van der Waals surface area (Å²) in [5, 5.41) is 9.83. The van der Waals surface area contributed by atoms with Gasteiger partial charge >= 0.3 is 12.2 Å². The number of rotatable bonds is 1. The van der Waals surface area contributed by atoms with Gasteiger partial charge in [-0.1, -0.05) is 0 Å². The largest absolute Gasteiger partial charge is 0.444 e. The lowest BCUT2D eigenvalue weighted by atomic mass is 10.0. The van der Waals surface area contributed by atoms with E-state index >= 15 is 0 Å². The van der Waals surface area contributed by atoms with Gasteiger partial charge in [-0.3, -0.25) is 9.80 Å². The van der Waals surface area contributed by atoms with Crippen LogP contribution in [0.15, 0.2) is 0 Å². The minimum atomic E-state index is -0.599. The minimum absolute atomic E-state index is 0.0971. The van der Waals surface area contributed by atoms with Gasteiger partial charge < -0.3 is 14.6 Å². The number of aliphatic hydroxyl groups excluding tert-OH is 1. The van der Waals surface area contributed by atoms with E-state index in [9.17, 15) is 14.7 Å². The van der Waals surface area contributed by atoms with Crippen LogP contribution in [0.2, 0.25) is 0 Å². The van der Waals surface area contributed by atoms with Crippen molar-refractivity contribution in [3.63, 3.8) is 0 Å². The molecule has 0 aliphatic carbocycles. The standard InChI is InChI=1S/C17H30N2O5/c1-16(2,3)23-14(21)18-9-11-7-8-12(13(18)10-20)19(11)15(22)24-17(4,5)6/h11-13,20H,7-10H2,1-6H3/t11-,12+,13-/m0/s1. The second-order valence-electron chi connectivity index (χ2n) is 8.57. The summed E-state index contributed by atoms with van der Waals surface area (Å²) in [6.45, 7) is 11.1. The maximum atomic E-state index is 12.5. The number of nitrogens with zero attached hydrogens (tertiary/aromatic N) is 2. The Morgan fingerprint density at radius 3 is 2.04 bits per heavy atom. The van der Waals surface area contributed by atoms with Crippen LogP contribution >= 0.6 is 0 Å². The molecule has 0 radical (unpaired) electrons. The number of fused-ring (bicyclic) bond motifs is 2. The zero-order valence-electron chi connectivity index (χ0n) is 15.5. The third-order valence-electron chi connectivity index (χ3n) is 4.22. The molecule has 0 aromatic rings. The Hall–Kier alpha value is -1.50. The molecule has 2 aliphatic rings. The van der Waals surface area contributed by atoms with E-state index in [0.717, 1.165) is 12.8 Å². The van der Waals surface area contributed by atoms with Crippen LogP contribution in [0.25, 0.3) is 0 Å². The molecule has 2 amide bonds. The number of carbonyl (C=O) groups is 2. The molecule has 1 N–H and O–H groups in total. The SMILES string of the molecule is CC(C)(C)OC(=O)N1C[C@@H]2CC[C@H]([C@@H]1CO)N2C(=O)OC(C)(C)C. The Morgan fingerprint density at radius 2 is 1.54 bits per heavy atom. The van der Waals surface area contributed by atoms with Crippen LogP contribution in [0.4, 0.5) is 9.59 Å². The fourth-order valence-electron chi connectivity index (χ4n) is 3.39. The highest BCUT2D eigenvalue weighted by molar-refractivity contribution is 5.72. The van der Waals surface area contributed by atoms with E-state index in [1.54, 1.807) is 9.80 Å². The van der Waals surface area contributed by atoms with Gasteiger partial charge in [0.05, 0.1) is 24.7 Å². The van der Waals surface area contributed by atoms with Crippen molar-refractivity contribution in [1.82, 2.24) is 9.80 Å². The van der Waals surface area contributed by atoms with Crippen molar-refractivity contribution < 1.29 is 24.2 Å². The molecule has 0 unspecified atom stereocenters. The fraction of sp³-hybridized carbons (Fsp3) is 0.882. The lowest BCUT2D eigenvalue weighted by molar-refractivity contribution is -0.0448. The number of hydrogen-bond acceptors (Lipinski definition) is 5.